The average molecular weight is 433 g/mol. The minimum atomic E-state index is -0.353. The predicted molar refractivity (Wildman–Crippen MR) is 113 cm³/mol. The second-order valence-corrected chi connectivity index (χ2v) is 8.46. The first-order valence-corrected chi connectivity index (χ1v) is 10.6. The molecule has 6 nitrogen and oxygen atoms in total. The normalized spacial score (nSPS) is 11.6. The molecule has 0 radical (unpaired) electrons. The summed E-state index contributed by atoms with van der Waals surface area (Å²) < 4.78 is 0.559. The van der Waals surface area contributed by atoms with Crippen LogP contribution >= 0.6 is 34.7 Å². The van der Waals surface area contributed by atoms with Gasteiger partial charge in [0.25, 0.3) is 5.91 Å². The van der Waals surface area contributed by atoms with Crippen LogP contribution in [0.4, 0.5) is 5.69 Å². The third-order valence-corrected chi connectivity index (χ3v) is 6.01. The Labute approximate surface area is 175 Å². The molecule has 2 aromatic carbocycles. The topological polar surface area (TPSA) is 84.0 Å². The number of halogens is 1. The summed E-state index contributed by atoms with van der Waals surface area (Å²) in [6.45, 7) is 1.93. The fourth-order valence-electron chi connectivity index (χ4n) is 2.31. The smallest absolute Gasteiger partial charge is 0.286 e. The van der Waals surface area contributed by atoms with Crippen molar-refractivity contribution in [3.8, 4) is 0 Å². The molecule has 0 fully saturated rings. The Hall–Kier alpha value is -2.42. The molecule has 1 heterocycles. The molecule has 2 N–H and O–H groups in total. The van der Waals surface area contributed by atoms with Crippen LogP contribution in [0.15, 0.2) is 58.9 Å². The molecule has 1 aromatic heterocycles. The SMILES string of the molecule is C[C@@H](NC(=O)CSc1nnc(C(=O)Nc2ccc(Cl)cc2)s1)c1ccccc1. The second-order valence-electron chi connectivity index (χ2n) is 5.82. The molecular weight excluding hydrogens is 416 g/mol. The van der Waals surface area contributed by atoms with Gasteiger partial charge in [0.05, 0.1) is 11.8 Å². The van der Waals surface area contributed by atoms with Gasteiger partial charge in [-0.2, -0.15) is 0 Å². The highest BCUT2D eigenvalue weighted by Gasteiger charge is 2.15. The molecule has 9 heteroatoms. The van der Waals surface area contributed by atoms with Crippen molar-refractivity contribution < 1.29 is 9.59 Å². The van der Waals surface area contributed by atoms with E-state index in [0.29, 0.717) is 15.0 Å². The van der Waals surface area contributed by atoms with E-state index in [1.807, 2.05) is 37.3 Å². The molecule has 0 aliphatic carbocycles. The van der Waals surface area contributed by atoms with Crippen molar-refractivity contribution in [2.45, 2.75) is 17.3 Å². The molecule has 1 atom stereocenters. The molecule has 0 bridgehead atoms. The highest BCUT2D eigenvalue weighted by molar-refractivity contribution is 8.01. The number of rotatable bonds is 7. The predicted octanol–water partition coefficient (Wildman–Crippen LogP) is 4.41. The standard InChI is InChI=1S/C19H17ClN4O2S2/c1-12(13-5-3-2-4-6-13)21-16(25)11-27-19-24-23-18(28-19)17(26)22-15-9-7-14(20)8-10-15/h2-10,12H,11H2,1H3,(H,21,25)(H,22,26)/t12-/m1/s1. The molecule has 3 rings (SSSR count). The van der Waals surface area contributed by atoms with Gasteiger partial charge in [-0.1, -0.05) is 65.0 Å². The van der Waals surface area contributed by atoms with E-state index in [-0.39, 0.29) is 28.6 Å². The first kappa shape index (κ1) is 20.3. The maximum Gasteiger partial charge on any atom is 0.286 e. The van der Waals surface area contributed by atoms with Crippen LogP contribution in [0.25, 0.3) is 0 Å². The van der Waals surface area contributed by atoms with E-state index in [1.54, 1.807) is 24.3 Å². The van der Waals surface area contributed by atoms with Gasteiger partial charge in [-0.15, -0.1) is 10.2 Å². The van der Waals surface area contributed by atoms with E-state index in [0.717, 1.165) is 16.9 Å². The Morgan fingerprint density at radius 3 is 2.54 bits per heavy atom. The number of benzene rings is 2. The molecule has 0 unspecified atom stereocenters. The van der Waals surface area contributed by atoms with E-state index in [1.165, 1.54) is 11.8 Å². The number of carbonyl (C=O) groups is 2. The summed E-state index contributed by atoms with van der Waals surface area (Å²) in [7, 11) is 0. The summed E-state index contributed by atoms with van der Waals surface area (Å²) in [6.07, 6.45) is 0. The summed E-state index contributed by atoms with van der Waals surface area (Å²) in [5, 5.41) is 14.4. The summed E-state index contributed by atoms with van der Waals surface area (Å²) in [5.41, 5.74) is 1.66. The molecule has 3 aromatic rings. The summed E-state index contributed by atoms with van der Waals surface area (Å²) >= 11 is 8.22. The zero-order valence-electron chi connectivity index (χ0n) is 14.9. The van der Waals surface area contributed by atoms with E-state index in [9.17, 15) is 9.59 Å². The van der Waals surface area contributed by atoms with Crippen molar-refractivity contribution in [1.82, 2.24) is 15.5 Å². The van der Waals surface area contributed by atoms with Gasteiger partial charge in [0.2, 0.25) is 10.9 Å². The number of carbonyl (C=O) groups excluding carboxylic acids is 2. The highest BCUT2D eigenvalue weighted by atomic mass is 35.5. The van der Waals surface area contributed by atoms with Crippen LogP contribution in [0.1, 0.15) is 28.3 Å². The molecule has 0 aliphatic heterocycles. The number of nitrogens with zero attached hydrogens (tertiary/aromatic N) is 2. The maximum absolute atomic E-state index is 12.2. The molecule has 2 amide bonds. The summed E-state index contributed by atoms with van der Waals surface area (Å²) in [5.74, 6) is -0.262. The van der Waals surface area contributed by atoms with E-state index in [4.69, 9.17) is 11.6 Å². The molecule has 28 heavy (non-hydrogen) atoms. The fraction of sp³-hybridized carbons (Fsp3) is 0.158. The number of hydrogen-bond donors (Lipinski definition) is 2. The summed E-state index contributed by atoms with van der Waals surface area (Å²) in [6, 6.07) is 16.4. The molecule has 144 valence electrons. The maximum atomic E-state index is 12.2. The van der Waals surface area contributed by atoms with Gasteiger partial charge in [-0.3, -0.25) is 9.59 Å². The molecular formula is C19H17ClN4O2S2. The number of anilines is 1. The third kappa shape index (κ3) is 5.79. The highest BCUT2D eigenvalue weighted by Crippen LogP contribution is 2.23. The first-order chi connectivity index (χ1) is 13.5. The quantitative estimate of drug-likeness (QED) is 0.540. The molecule has 0 spiro atoms. The number of hydrogen-bond acceptors (Lipinski definition) is 6. The van der Waals surface area contributed by atoms with Crippen LogP contribution in [-0.4, -0.2) is 27.8 Å². The number of aromatic nitrogens is 2. The molecule has 0 aliphatic rings. The third-order valence-electron chi connectivity index (χ3n) is 3.71. The monoisotopic (exact) mass is 432 g/mol. The van der Waals surface area contributed by atoms with Gasteiger partial charge in [0.1, 0.15) is 0 Å². The minimum Gasteiger partial charge on any atom is -0.349 e. The van der Waals surface area contributed by atoms with Crippen molar-refractivity contribution in [1.29, 1.82) is 0 Å². The fourth-order valence-corrected chi connectivity index (χ4v) is 4.00. The van der Waals surface area contributed by atoms with Gasteiger partial charge in [-0.05, 0) is 36.8 Å². The summed E-state index contributed by atoms with van der Waals surface area (Å²) in [4.78, 5) is 24.4. The van der Waals surface area contributed by atoms with Crippen molar-refractivity contribution in [2.24, 2.45) is 0 Å². The van der Waals surface area contributed by atoms with E-state index >= 15 is 0 Å². The lowest BCUT2D eigenvalue weighted by Crippen LogP contribution is -2.28. The van der Waals surface area contributed by atoms with E-state index in [2.05, 4.69) is 20.8 Å². The Balaban J connectivity index is 1.49. The van der Waals surface area contributed by atoms with Gasteiger partial charge in [-0.25, -0.2) is 0 Å². The second kappa shape index (κ2) is 9.68. The van der Waals surface area contributed by atoms with Crippen molar-refractivity contribution >= 4 is 52.2 Å². The first-order valence-electron chi connectivity index (χ1n) is 8.39. The molecule has 0 saturated carbocycles. The van der Waals surface area contributed by atoms with Crippen LogP contribution in [0.2, 0.25) is 5.02 Å². The Morgan fingerprint density at radius 1 is 1.11 bits per heavy atom. The van der Waals surface area contributed by atoms with Gasteiger partial charge in [0.15, 0.2) is 4.34 Å². The van der Waals surface area contributed by atoms with E-state index < -0.39 is 0 Å². The zero-order valence-corrected chi connectivity index (χ0v) is 17.3. The number of amides is 2. The lowest BCUT2D eigenvalue weighted by atomic mass is 10.1. The minimum absolute atomic E-state index is 0.0792. The Kier molecular flexibility index (Phi) is 7.02. The largest absolute Gasteiger partial charge is 0.349 e. The van der Waals surface area contributed by atoms with Crippen LogP contribution in [0, 0.1) is 0 Å². The number of nitrogens with one attached hydrogen (secondary N) is 2. The van der Waals surface area contributed by atoms with Crippen LogP contribution < -0.4 is 10.6 Å². The zero-order chi connectivity index (χ0) is 19.9. The molecule has 0 saturated heterocycles. The van der Waals surface area contributed by atoms with Crippen LogP contribution in [-0.2, 0) is 4.79 Å². The van der Waals surface area contributed by atoms with Gasteiger partial charge >= 0.3 is 0 Å². The Morgan fingerprint density at radius 2 is 1.82 bits per heavy atom. The van der Waals surface area contributed by atoms with Gasteiger partial charge < -0.3 is 10.6 Å². The van der Waals surface area contributed by atoms with Crippen LogP contribution in [0.3, 0.4) is 0 Å². The lowest BCUT2D eigenvalue weighted by Gasteiger charge is -2.13. The van der Waals surface area contributed by atoms with Crippen molar-refractivity contribution in [2.75, 3.05) is 11.1 Å². The average Bonchev–Trinajstić information content (AvgIpc) is 3.18. The van der Waals surface area contributed by atoms with Crippen LogP contribution in [0.5, 0.6) is 0 Å². The van der Waals surface area contributed by atoms with Crippen molar-refractivity contribution in [3.05, 3.63) is 70.2 Å². The van der Waals surface area contributed by atoms with Crippen molar-refractivity contribution in [3.63, 3.8) is 0 Å². The van der Waals surface area contributed by atoms with Gasteiger partial charge in [0, 0.05) is 10.7 Å². The Bertz CT molecular complexity index is 948. The lowest BCUT2D eigenvalue weighted by molar-refractivity contribution is -0.119. The number of thioether (sulfide) groups is 1.